The molecule has 0 aliphatic rings. The third-order valence-electron chi connectivity index (χ3n) is 4.56. The minimum absolute atomic E-state index is 0.00241. The molecule has 2 amide bonds. The Hall–Kier alpha value is -1.14. The van der Waals surface area contributed by atoms with Crippen molar-refractivity contribution in [2.45, 2.75) is 92.5 Å². The lowest BCUT2D eigenvalue weighted by atomic mass is 9.84. The number of carbonyl (C=O) groups excluding carboxylic acids is 2. The highest BCUT2D eigenvalue weighted by Gasteiger charge is 2.42. The van der Waals surface area contributed by atoms with Crippen molar-refractivity contribution in [1.29, 1.82) is 0 Å². The molecule has 0 aliphatic carbocycles. The molecule has 0 aromatic heterocycles. The molecule has 148 valence electrons. The number of rotatable bonds is 8. The fourth-order valence-electron chi connectivity index (χ4n) is 3.06. The van der Waals surface area contributed by atoms with E-state index in [0.717, 1.165) is 0 Å². The quantitative estimate of drug-likeness (QED) is 0.498. The summed E-state index contributed by atoms with van der Waals surface area (Å²) in [5.74, 6) is -0.904. The average Bonchev–Trinajstić information content (AvgIpc) is 2.37. The van der Waals surface area contributed by atoms with Gasteiger partial charge in [-0.1, -0.05) is 27.7 Å². The zero-order chi connectivity index (χ0) is 20.4. The van der Waals surface area contributed by atoms with Gasteiger partial charge in [-0.3, -0.25) is 9.59 Å². The van der Waals surface area contributed by atoms with Gasteiger partial charge in [-0.25, -0.2) is 0 Å². The summed E-state index contributed by atoms with van der Waals surface area (Å²) >= 11 is 0. The van der Waals surface area contributed by atoms with E-state index in [2.05, 4.69) is 10.6 Å². The van der Waals surface area contributed by atoms with Gasteiger partial charge in [-0.15, -0.1) is 0 Å². The summed E-state index contributed by atoms with van der Waals surface area (Å²) < 4.78 is 0. The molecular weight excluding hydrogens is 320 g/mol. The topological polar surface area (TPSA) is 98.7 Å². The maximum Gasteiger partial charge on any atom is 0.235 e. The van der Waals surface area contributed by atoms with Crippen molar-refractivity contribution in [2.24, 2.45) is 17.3 Å². The molecule has 0 aromatic carbocycles. The van der Waals surface area contributed by atoms with Gasteiger partial charge in [0.2, 0.25) is 11.8 Å². The van der Waals surface area contributed by atoms with Crippen molar-refractivity contribution in [2.75, 3.05) is 0 Å². The second-order valence-electron chi connectivity index (χ2n) is 9.32. The van der Waals surface area contributed by atoms with Crippen LogP contribution in [-0.2, 0) is 9.59 Å². The van der Waals surface area contributed by atoms with Crippen molar-refractivity contribution in [1.82, 2.24) is 10.6 Å². The molecule has 0 fully saturated rings. The Morgan fingerprint density at radius 2 is 0.920 bits per heavy atom. The van der Waals surface area contributed by atoms with Crippen LogP contribution >= 0.6 is 0 Å². The number of nitrogens with one attached hydrogen (secondary N) is 2. The van der Waals surface area contributed by atoms with Crippen LogP contribution < -0.4 is 10.6 Å². The van der Waals surface area contributed by atoms with Crippen LogP contribution in [0, 0.1) is 17.3 Å². The third kappa shape index (κ3) is 6.59. The van der Waals surface area contributed by atoms with E-state index in [4.69, 9.17) is 0 Å². The number of hydrogen-bond acceptors (Lipinski definition) is 4. The molecular formula is C19H38N2O4. The third-order valence-corrected chi connectivity index (χ3v) is 4.56. The normalized spacial score (nSPS) is 15.9. The molecule has 4 N–H and O–H groups in total. The van der Waals surface area contributed by atoms with Crippen molar-refractivity contribution in [3.8, 4) is 0 Å². The Labute approximate surface area is 152 Å². The smallest absolute Gasteiger partial charge is 0.235 e. The molecule has 25 heavy (non-hydrogen) atoms. The molecule has 2 atom stereocenters. The highest BCUT2D eigenvalue weighted by atomic mass is 16.3. The summed E-state index contributed by atoms with van der Waals surface area (Å²) in [6.45, 7) is 17.2. The highest BCUT2D eigenvalue weighted by molar-refractivity contribution is 6.04. The van der Waals surface area contributed by atoms with Gasteiger partial charge in [0.05, 0.1) is 23.3 Å². The summed E-state index contributed by atoms with van der Waals surface area (Å²) in [6, 6.07) is -0.968. The standard InChI is InChI=1S/C19H38N2O4/c1-11(2)13(18(7,8)24)20-15(22)17(5,6)16(23)21-14(12(3)4)19(9,10)25/h11-14,24-25H,1-10H3,(H,20,22)(H,21,23)/t13-,14-/m1/s1. The van der Waals surface area contributed by atoms with Gasteiger partial charge in [-0.05, 0) is 53.4 Å². The number of aliphatic hydroxyl groups is 2. The van der Waals surface area contributed by atoms with Crippen LogP contribution in [0.5, 0.6) is 0 Å². The van der Waals surface area contributed by atoms with Gasteiger partial charge in [0.1, 0.15) is 5.41 Å². The SMILES string of the molecule is CC(C)[C@@H](NC(=O)C(C)(C)C(=O)N[C@H](C(C)C)C(C)(C)O)C(C)(C)O. The minimum atomic E-state index is -1.34. The van der Waals surface area contributed by atoms with Crippen molar-refractivity contribution >= 4 is 11.8 Å². The van der Waals surface area contributed by atoms with Crippen molar-refractivity contribution < 1.29 is 19.8 Å². The van der Waals surface area contributed by atoms with Crippen LogP contribution in [0.4, 0.5) is 0 Å². The van der Waals surface area contributed by atoms with Crippen LogP contribution in [0.25, 0.3) is 0 Å². The lowest BCUT2D eigenvalue weighted by molar-refractivity contribution is -0.145. The fraction of sp³-hybridized carbons (Fsp3) is 0.895. The number of amides is 2. The Morgan fingerprint density at radius 3 is 1.08 bits per heavy atom. The van der Waals surface area contributed by atoms with Crippen LogP contribution in [0.3, 0.4) is 0 Å². The maximum atomic E-state index is 12.7. The summed E-state index contributed by atoms with van der Waals surface area (Å²) in [4.78, 5) is 25.4. The first-order chi connectivity index (χ1) is 10.9. The van der Waals surface area contributed by atoms with E-state index in [1.165, 1.54) is 0 Å². The largest absolute Gasteiger partial charge is 0.388 e. The van der Waals surface area contributed by atoms with Gasteiger partial charge in [-0.2, -0.15) is 0 Å². The minimum Gasteiger partial charge on any atom is -0.388 e. The molecule has 0 saturated heterocycles. The Morgan fingerprint density at radius 1 is 0.680 bits per heavy atom. The molecule has 0 saturated carbocycles. The van der Waals surface area contributed by atoms with E-state index < -0.39 is 40.5 Å². The molecule has 0 radical (unpaired) electrons. The summed E-state index contributed by atoms with van der Waals surface area (Å²) in [5, 5.41) is 26.2. The monoisotopic (exact) mass is 358 g/mol. The summed E-state index contributed by atoms with van der Waals surface area (Å²) in [5.41, 5.74) is -3.55. The zero-order valence-corrected chi connectivity index (χ0v) is 17.5. The van der Waals surface area contributed by atoms with Crippen LogP contribution in [0.2, 0.25) is 0 Å². The molecule has 0 heterocycles. The van der Waals surface area contributed by atoms with Crippen LogP contribution in [-0.4, -0.2) is 45.3 Å². The zero-order valence-electron chi connectivity index (χ0n) is 17.5. The van der Waals surface area contributed by atoms with Gasteiger partial charge in [0.15, 0.2) is 0 Å². The lowest BCUT2D eigenvalue weighted by Gasteiger charge is -2.38. The van der Waals surface area contributed by atoms with E-state index >= 15 is 0 Å². The Balaban J connectivity index is 5.34. The molecule has 0 rings (SSSR count). The second kappa shape index (κ2) is 8.04. The highest BCUT2D eigenvalue weighted by Crippen LogP contribution is 2.23. The van der Waals surface area contributed by atoms with E-state index in [9.17, 15) is 19.8 Å². The first-order valence-corrected chi connectivity index (χ1v) is 8.99. The van der Waals surface area contributed by atoms with Crippen molar-refractivity contribution in [3.05, 3.63) is 0 Å². The molecule has 6 nitrogen and oxygen atoms in total. The molecule has 0 unspecified atom stereocenters. The van der Waals surface area contributed by atoms with E-state index in [-0.39, 0.29) is 11.8 Å². The van der Waals surface area contributed by atoms with Gasteiger partial charge in [0.25, 0.3) is 0 Å². The predicted molar refractivity (Wildman–Crippen MR) is 99.9 cm³/mol. The lowest BCUT2D eigenvalue weighted by Crippen LogP contribution is -2.60. The van der Waals surface area contributed by atoms with Gasteiger partial charge < -0.3 is 20.8 Å². The van der Waals surface area contributed by atoms with Crippen LogP contribution in [0.1, 0.15) is 69.2 Å². The van der Waals surface area contributed by atoms with E-state index in [1.807, 2.05) is 27.7 Å². The predicted octanol–water partition coefficient (Wildman–Crippen LogP) is 1.84. The van der Waals surface area contributed by atoms with Crippen molar-refractivity contribution in [3.63, 3.8) is 0 Å². The van der Waals surface area contributed by atoms with E-state index in [0.29, 0.717) is 0 Å². The summed E-state index contributed by atoms with van der Waals surface area (Å²) in [7, 11) is 0. The number of carbonyl (C=O) groups is 2. The summed E-state index contributed by atoms with van der Waals surface area (Å²) in [6.07, 6.45) is 0. The first-order valence-electron chi connectivity index (χ1n) is 8.99. The number of hydrogen-bond donors (Lipinski definition) is 4. The maximum absolute atomic E-state index is 12.7. The molecule has 0 aliphatic heterocycles. The van der Waals surface area contributed by atoms with Crippen LogP contribution in [0.15, 0.2) is 0 Å². The molecule has 6 heteroatoms. The average molecular weight is 359 g/mol. The van der Waals surface area contributed by atoms with Gasteiger partial charge >= 0.3 is 0 Å². The molecule has 0 spiro atoms. The molecule has 0 aromatic rings. The Bertz CT molecular complexity index is 429. The van der Waals surface area contributed by atoms with Gasteiger partial charge in [0, 0.05) is 0 Å². The Kier molecular flexibility index (Phi) is 7.67. The fourth-order valence-corrected chi connectivity index (χ4v) is 3.06. The van der Waals surface area contributed by atoms with E-state index in [1.54, 1.807) is 41.5 Å². The molecule has 0 bridgehead atoms. The first kappa shape index (κ1) is 23.9. The second-order valence-corrected chi connectivity index (χ2v) is 9.32.